The zero-order valence-corrected chi connectivity index (χ0v) is 22.4. The Balaban J connectivity index is 1.31. The number of carbonyl (C=O) groups is 1. The van der Waals surface area contributed by atoms with E-state index >= 15 is 8.78 Å². The minimum absolute atomic E-state index is 0.131. The number of aliphatic hydroxyl groups is 1. The first-order valence-corrected chi connectivity index (χ1v) is 13.4. The van der Waals surface area contributed by atoms with Crippen molar-refractivity contribution < 1.29 is 36.6 Å². The van der Waals surface area contributed by atoms with Crippen molar-refractivity contribution in [2.75, 3.05) is 18.8 Å². The van der Waals surface area contributed by atoms with Gasteiger partial charge in [0.15, 0.2) is 5.69 Å². The van der Waals surface area contributed by atoms with Crippen molar-refractivity contribution in [3.8, 4) is 11.6 Å². The monoisotopic (exact) mass is 592 g/mol. The first-order valence-electron chi connectivity index (χ1n) is 13.4. The number of piperidine rings is 1. The maximum atomic E-state index is 15.5. The number of amides is 1. The Morgan fingerprint density at radius 2 is 1.76 bits per heavy atom. The van der Waals surface area contributed by atoms with E-state index in [4.69, 9.17) is 10.5 Å². The number of likely N-dealkylation sites (tertiary alicyclic amines) is 1. The Hall–Kier alpha value is -4.00. The number of hydrogen-bond donors (Lipinski definition) is 2. The highest BCUT2D eigenvalue weighted by molar-refractivity contribution is 5.80. The van der Waals surface area contributed by atoms with Gasteiger partial charge in [-0.05, 0) is 36.2 Å². The van der Waals surface area contributed by atoms with E-state index in [1.54, 1.807) is 30.3 Å². The lowest BCUT2D eigenvalue weighted by molar-refractivity contribution is -0.223. The Kier molecular flexibility index (Phi) is 7.73. The van der Waals surface area contributed by atoms with Crippen LogP contribution in [0.3, 0.4) is 0 Å². The van der Waals surface area contributed by atoms with Crippen LogP contribution in [0.15, 0.2) is 65.7 Å². The molecule has 2 fully saturated rings. The molecule has 5 rings (SSSR count). The van der Waals surface area contributed by atoms with Crippen molar-refractivity contribution in [2.45, 2.75) is 55.6 Å². The molecule has 1 amide bonds. The zero-order chi connectivity index (χ0) is 30.3. The maximum Gasteiger partial charge on any atom is 0.295 e. The van der Waals surface area contributed by atoms with E-state index < -0.39 is 84.6 Å². The molecule has 1 aromatic heterocycles. The van der Waals surface area contributed by atoms with Gasteiger partial charge in [-0.1, -0.05) is 30.3 Å². The second-order valence-electron chi connectivity index (χ2n) is 10.9. The van der Waals surface area contributed by atoms with Gasteiger partial charge in [0.25, 0.3) is 11.5 Å². The number of halogens is 5. The van der Waals surface area contributed by atoms with Crippen molar-refractivity contribution in [2.24, 2.45) is 5.92 Å². The van der Waals surface area contributed by atoms with Crippen LogP contribution >= 0.6 is 0 Å². The number of aromatic nitrogens is 2. The lowest BCUT2D eigenvalue weighted by Crippen LogP contribution is -2.64. The largest absolute Gasteiger partial charge is 0.437 e. The summed E-state index contributed by atoms with van der Waals surface area (Å²) < 4.78 is 78.9. The van der Waals surface area contributed by atoms with Gasteiger partial charge in [-0.15, -0.1) is 0 Å². The van der Waals surface area contributed by atoms with Gasteiger partial charge in [-0.25, -0.2) is 26.9 Å². The number of alkyl halides is 4. The van der Waals surface area contributed by atoms with Crippen LogP contribution in [0, 0.1) is 11.7 Å². The molecule has 3 aromatic rings. The maximum absolute atomic E-state index is 15.5. The third-order valence-corrected chi connectivity index (χ3v) is 8.04. The van der Waals surface area contributed by atoms with Crippen molar-refractivity contribution in [1.29, 1.82) is 0 Å². The van der Waals surface area contributed by atoms with E-state index in [1.807, 2.05) is 0 Å². The van der Waals surface area contributed by atoms with Crippen LogP contribution in [-0.2, 0) is 11.3 Å². The number of rotatable bonds is 6. The number of hydrogen-bond acceptors (Lipinski definition) is 6. The molecule has 224 valence electrons. The number of ether oxygens (including phenoxy) is 1. The van der Waals surface area contributed by atoms with Crippen LogP contribution in [0.1, 0.15) is 37.2 Å². The lowest BCUT2D eigenvalue weighted by atomic mass is 9.73. The number of carbonyl (C=O) groups excluding carboxylic acids is 1. The summed E-state index contributed by atoms with van der Waals surface area (Å²) in [6.07, 6.45) is -0.954. The Bertz CT molecular complexity index is 1500. The van der Waals surface area contributed by atoms with Gasteiger partial charge < -0.3 is 20.5 Å². The van der Waals surface area contributed by atoms with Crippen LogP contribution in [0.25, 0.3) is 0 Å². The molecular weight excluding hydrogens is 563 g/mol. The third-order valence-electron chi connectivity index (χ3n) is 8.04. The van der Waals surface area contributed by atoms with Gasteiger partial charge in [-0.2, -0.15) is 0 Å². The van der Waals surface area contributed by atoms with Crippen LogP contribution in [-0.4, -0.2) is 56.0 Å². The van der Waals surface area contributed by atoms with Gasteiger partial charge in [-0.3, -0.25) is 14.2 Å². The summed E-state index contributed by atoms with van der Waals surface area (Å²) in [5, 5.41) is 11.0. The smallest absolute Gasteiger partial charge is 0.295 e. The molecule has 1 saturated carbocycles. The molecule has 0 radical (unpaired) electrons. The topological polar surface area (TPSA) is 111 Å². The van der Waals surface area contributed by atoms with Crippen molar-refractivity contribution >= 4 is 11.6 Å². The summed E-state index contributed by atoms with van der Waals surface area (Å²) in [7, 11) is 0. The van der Waals surface area contributed by atoms with E-state index in [9.17, 15) is 27.9 Å². The molecule has 3 atom stereocenters. The summed E-state index contributed by atoms with van der Waals surface area (Å²) in [4.78, 5) is 31.1. The highest BCUT2D eigenvalue weighted by Crippen LogP contribution is 2.47. The van der Waals surface area contributed by atoms with Crippen LogP contribution in [0.4, 0.5) is 27.6 Å². The van der Waals surface area contributed by atoms with Gasteiger partial charge in [0.05, 0.1) is 13.1 Å². The van der Waals surface area contributed by atoms with Gasteiger partial charge in [0.1, 0.15) is 23.5 Å². The lowest BCUT2D eigenvalue weighted by Gasteiger charge is -2.46. The molecular formula is C29H29F5N4O4. The number of anilines is 1. The number of nitrogens with two attached hydrogens (primary N) is 1. The molecule has 1 aliphatic heterocycles. The molecule has 1 unspecified atom stereocenters. The molecule has 3 N–H and O–H groups in total. The summed E-state index contributed by atoms with van der Waals surface area (Å²) in [6.45, 7) is -2.31. The third kappa shape index (κ3) is 5.83. The first kappa shape index (κ1) is 29.5. The highest BCUT2D eigenvalue weighted by atomic mass is 19.3. The molecule has 0 bridgehead atoms. The highest BCUT2D eigenvalue weighted by Gasteiger charge is 2.58. The molecule has 0 spiro atoms. The van der Waals surface area contributed by atoms with Gasteiger partial charge in [0, 0.05) is 37.6 Å². The molecule has 1 aliphatic carbocycles. The molecule has 1 saturated heterocycles. The molecule has 8 nitrogen and oxygen atoms in total. The molecule has 2 aliphatic rings. The average Bonchev–Trinajstić information content (AvgIpc) is 2.95. The molecule has 13 heteroatoms. The average molecular weight is 593 g/mol. The molecule has 2 heterocycles. The Morgan fingerprint density at radius 1 is 1.07 bits per heavy atom. The normalized spacial score (nSPS) is 25.1. The Morgan fingerprint density at radius 3 is 2.43 bits per heavy atom. The van der Waals surface area contributed by atoms with Crippen LogP contribution < -0.4 is 16.0 Å². The fourth-order valence-electron chi connectivity index (χ4n) is 5.65. The van der Waals surface area contributed by atoms with E-state index in [2.05, 4.69) is 4.98 Å². The summed E-state index contributed by atoms with van der Waals surface area (Å²) >= 11 is 0. The second kappa shape index (κ2) is 11.0. The first-order chi connectivity index (χ1) is 19.8. The predicted octanol–water partition coefficient (Wildman–Crippen LogP) is 4.57. The quantitative estimate of drug-likeness (QED) is 0.406. The molecule has 42 heavy (non-hydrogen) atoms. The minimum atomic E-state index is -3.86. The number of benzene rings is 2. The Labute approximate surface area is 237 Å². The summed E-state index contributed by atoms with van der Waals surface area (Å²) in [5.41, 5.74) is 2.17. The van der Waals surface area contributed by atoms with E-state index in [1.165, 1.54) is 12.1 Å². The fourth-order valence-corrected chi connectivity index (χ4v) is 5.65. The SMILES string of the molecule is Nc1c(Oc2ccc(F)cc2)ncn(CC2(O)CCN(C(=O)[C@@H]3CCC(F)(F)C[C@H]3c3ccccc3)CC2(F)F)c1=O. The van der Waals surface area contributed by atoms with Crippen molar-refractivity contribution in [3.05, 3.63) is 82.7 Å². The second-order valence-corrected chi connectivity index (χ2v) is 10.9. The van der Waals surface area contributed by atoms with Crippen molar-refractivity contribution in [3.63, 3.8) is 0 Å². The van der Waals surface area contributed by atoms with E-state index in [-0.39, 0.29) is 24.6 Å². The van der Waals surface area contributed by atoms with Gasteiger partial charge in [0.2, 0.25) is 17.7 Å². The fraction of sp³-hybridized carbons (Fsp3) is 0.414. The number of nitrogens with zero attached hydrogens (tertiary/aromatic N) is 3. The van der Waals surface area contributed by atoms with Crippen LogP contribution in [0.2, 0.25) is 0 Å². The van der Waals surface area contributed by atoms with Crippen LogP contribution in [0.5, 0.6) is 11.6 Å². The van der Waals surface area contributed by atoms with Crippen molar-refractivity contribution in [1.82, 2.24) is 14.5 Å². The van der Waals surface area contributed by atoms with E-state index in [0.717, 1.165) is 27.9 Å². The van der Waals surface area contributed by atoms with Gasteiger partial charge >= 0.3 is 0 Å². The molecule has 2 aromatic carbocycles. The van der Waals surface area contributed by atoms with E-state index in [0.29, 0.717) is 5.56 Å². The zero-order valence-electron chi connectivity index (χ0n) is 22.4. The summed E-state index contributed by atoms with van der Waals surface area (Å²) in [5.74, 6) is -10.00. The standard InChI is InChI=1S/C29H29F5N4O4/c30-19-6-8-20(9-7-19)42-24-23(35)26(40)38(17-36-24)15-27(41)12-13-37(16-29(27,33)34)25(39)21-10-11-28(31,32)14-22(21)18-4-2-1-3-5-18/h1-9,17,21-22,41H,10-16,35H2/t21-,22+,27?/m1/s1. The number of nitrogen functional groups attached to an aromatic ring is 1. The predicted molar refractivity (Wildman–Crippen MR) is 142 cm³/mol. The summed E-state index contributed by atoms with van der Waals surface area (Å²) in [6, 6.07) is 13.1. The minimum Gasteiger partial charge on any atom is -0.437 e.